The highest BCUT2D eigenvalue weighted by molar-refractivity contribution is 7.98. The molecule has 2 aromatic rings. The van der Waals surface area contributed by atoms with Gasteiger partial charge in [-0.3, -0.25) is 4.79 Å². The zero-order valence-electron chi connectivity index (χ0n) is 11.8. The van der Waals surface area contributed by atoms with Gasteiger partial charge in [-0.15, -0.1) is 0 Å². The van der Waals surface area contributed by atoms with E-state index in [9.17, 15) is 4.79 Å². The summed E-state index contributed by atoms with van der Waals surface area (Å²) in [7, 11) is 0. The van der Waals surface area contributed by atoms with Gasteiger partial charge in [0.1, 0.15) is 0 Å². The van der Waals surface area contributed by atoms with Crippen LogP contribution in [0.25, 0.3) is 10.9 Å². The van der Waals surface area contributed by atoms with E-state index in [0.29, 0.717) is 16.1 Å². The van der Waals surface area contributed by atoms with Crippen molar-refractivity contribution in [2.45, 2.75) is 36.7 Å². The number of hydrogen-bond donors (Lipinski definition) is 0. The molecule has 0 amide bonds. The maximum Gasteiger partial charge on any atom is 0.268 e. The summed E-state index contributed by atoms with van der Waals surface area (Å²) in [6.07, 6.45) is 8.87. The summed E-state index contributed by atoms with van der Waals surface area (Å²) in [5, 5.41) is 10.2. The van der Waals surface area contributed by atoms with E-state index in [-0.39, 0.29) is 18.3 Å². The van der Waals surface area contributed by atoms with Crippen molar-refractivity contribution < 1.29 is 0 Å². The number of pyridine rings is 1. The fraction of sp³-hybridized carbons (Fsp3) is 0.429. The van der Waals surface area contributed by atoms with E-state index in [2.05, 4.69) is 15.9 Å². The molecular formula is C14H15BN4OS. The Hall–Kier alpha value is -1.81. The number of rotatable bonds is 2. The van der Waals surface area contributed by atoms with Gasteiger partial charge in [0.05, 0.1) is 10.9 Å². The largest absolute Gasteiger partial charge is 0.312 e. The van der Waals surface area contributed by atoms with E-state index in [0.717, 1.165) is 25.5 Å². The highest BCUT2D eigenvalue weighted by Crippen LogP contribution is 2.28. The lowest BCUT2D eigenvalue weighted by Crippen LogP contribution is -2.29. The summed E-state index contributed by atoms with van der Waals surface area (Å²) in [4.78, 5) is 21.1. The Morgan fingerprint density at radius 3 is 2.90 bits per heavy atom. The Kier molecular flexibility index (Phi) is 3.97. The molecular weight excluding hydrogens is 283 g/mol. The molecule has 1 aliphatic heterocycles. The summed E-state index contributed by atoms with van der Waals surface area (Å²) in [5.74, 6) is 2.32. The van der Waals surface area contributed by atoms with E-state index in [1.165, 1.54) is 11.8 Å². The third kappa shape index (κ3) is 2.68. The Morgan fingerprint density at radius 2 is 2.24 bits per heavy atom. The van der Waals surface area contributed by atoms with Crippen LogP contribution in [0.4, 0.5) is 0 Å². The van der Waals surface area contributed by atoms with Gasteiger partial charge >= 0.3 is 0 Å². The van der Waals surface area contributed by atoms with E-state index < -0.39 is 0 Å². The maximum atomic E-state index is 12.6. The average Bonchev–Trinajstić information content (AvgIpc) is 2.55. The summed E-state index contributed by atoms with van der Waals surface area (Å²) in [6, 6.07) is 2.07. The van der Waals surface area contributed by atoms with Crippen LogP contribution >= 0.6 is 11.8 Å². The van der Waals surface area contributed by atoms with Crippen LogP contribution in [0.5, 0.6) is 0 Å². The molecule has 0 atom stereocenters. The van der Waals surface area contributed by atoms with Crippen LogP contribution in [0.1, 0.15) is 18.9 Å². The molecule has 0 aromatic carbocycles. The zero-order valence-corrected chi connectivity index (χ0v) is 12.6. The lowest BCUT2D eigenvalue weighted by Gasteiger charge is -2.25. The SMILES string of the molecule is CSc1ncc2c(=O)n(C3CCB(C#N)CC3)ccc2n1. The molecule has 1 saturated heterocycles. The lowest BCUT2D eigenvalue weighted by molar-refractivity contribution is 0.444. The third-order valence-corrected chi connectivity index (χ3v) is 4.67. The molecule has 3 rings (SSSR count). The summed E-state index contributed by atoms with van der Waals surface area (Å²) < 4.78 is 1.79. The topological polar surface area (TPSA) is 71.6 Å². The molecule has 106 valence electrons. The minimum Gasteiger partial charge on any atom is -0.312 e. The van der Waals surface area contributed by atoms with Crippen molar-refractivity contribution in [3.63, 3.8) is 0 Å². The van der Waals surface area contributed by atoms with Crippen LogP contribution in [0.3, 0.4) is 0 Å². The van der Waals surface area contributed by atoms with Crippen molar-refractivity contribution in [3.8, 4) is 5.97 Å². The van der Waals surface area contributed by atoms with Gasteiger partial charge in [-0.1, -0.05) is 24.4 Å². The van der Waals surface area contributed by atoms with E-state index in [1.54, 1.807) is 10.8 Å². The Morgan fingerprint density at radius 1 is 1.48 bits per heavy atom. The number of nitriles is 1. The molecule has 0 saturated carbocycles. The zero-order chi connectivity index (χ0) is 14.8. The molecule has 0 spiro atoms. The van der Waals surface area contributed by atoms with Crippen molar-refractivity contribution in [2.75, 3.05) is 6.26 Å². The molecule has 1 fully saturated rings. The fourth-order valence-electron chi connectivity index (χ4n) is 2.90. The first-order valence-electron chi connectivity index (χ1n) is 7.04. The Bertz CT molecular complexity index is 762. The van der Waals surface area contributed by atoms with Gasteiger partial charge < -0.3 is 4.57 Å². The van der Waals surface area contributed by atoms with Crippen molar-refractivity contribution in [1.29, 1.82) is 5.26 Å². The van der Waals surface area contributed by atoms with Crippen LogP contribution in [0.2, 0.25) is 12.6 Å². The van der Waals surface area contributed by atoms with Crippen LogP contribution < -0.4 is 5.56 Å². The normalized spacial score (nSPS) is 16.1. The van der Waals surface area contributed by atoms with Gasteiger partial charge in [-0.25, -0.2) is 15.2 Å². The van der Waals surface area contributed by atoms with Crippen molar-refractivity contribution in [2.24, 2.45) is 0 Å². The van der Waals surface area contributed by atoms with Crippen molar-refractivity contribution in [1.82, 2.24) is 14.5 Å². The van der Waals surface area contributed by atoms with Crippen LogP contribution in [-0.2, 0) is 0 Å². The second-order valence-corrected chi connectivity index (χ2v) is 6.09. The molecule has 5 nitrogen and oxygen atoms in total. The van der Waals surface area contributed by atoms with Gasteiger partial charge in [0.25, 0.3) is 12.3 Å². The Balaban J connectivity index is 1.96. The molecule has 0 N–H and O–H groups in total. The summed E-state index contributed by atoms with van der Waals surface area (Å²) in [5.41, 5.74) is 0.668. The first-order valence-corrected chi connectivity index (χ1v) is 8.27. The second-order valence-electron chi connectivity index (χ2n) is 5.32. The van der Waals surface area contributed by atoms with Crippen LogP contribution in [0.15, 0.2) is 28.4 Å². The number of aromatic nitrogens is 3. The number of nitrogens with zero attached hydrogens (tertiary/aromatic N) is 4. The summed E-state index contributed by atoms with van der Waals surface area (Å²) >= 11 is 1.46. The number of fused-ring (bicyclic) bond motifs is 1. The number of hydrogen-bond acceptors (Lipinski definition) is 5. The molecule has 0 radical (unpaired) electrons. The maximum absolute atomic E-state index is 12.6. The molecule has 1 aliphatic rings. The summed E-state index contributed by atoms with van der Waals surface area (Å²) in [6.45, 7) is 0.143. The van der Waals surface area contributed by atoms with E-state index >= 15 is 0 Å². The molecule has 21 heavy (non-hydrogen) atoms. The van der Waals surface area contributed by atoms with Gasteiger partial charge in [-0.05, 0) is 25.2 Å². The Labute approximate surface area is 127 Å². The highest BCUT2D eigenvalue weighted by Gasteiger charge is 2.25. The minimum absolute atomic E-state index is 0.0273. The predicted molar refractivity (Wildman–Crippen MR) is 84.8 cm³/mol. The molecule has 7 heteroatoms. The quantitative estimate of drug-likeness (QED) is 0.483. The predicted octanol–water partition coefficient (Wildman–Crippen LogP) is 2.41. The average molecular weight is 298 g/mol. The van der Waals surface area contributed by atoms with Crippen LogP contribution in [-0.4, -0.2) is 27.5 Å². The second kappa shape index (κ2) is 5.90. The van der Waals surface area contributed by atoms with Gasteiger partial charge in [0, 0.05) is 24.4 Å². The lowest BCUT2D eigenvalue weighted by atomic mass is 9.42. The van der Waals surface area contributed by atoms with Crippen LogP contribution in [0, 0.1) is 11.2 Å². The van der Waals surface area contributed by atoms with Gasteiger partial charge in [0.2, 0.25) is 0 Å². The first kappa shape index (κ1) is 14.1. The monoisotopic (exact) mass is 298 g/mol. The number of thioether (sulfide) groups is 1. The molecule has 2 aromatic heterocycles. The van der Waals surface area contributed by atoms with Gasteiger partial charge in [0.15, 0.2) is 5.16 Å². The third-order valence-electron chi connectivity index (χ3n) is 4.11. The molecule has 0 aliphatic carbocycles. The minimum atomic E-state index is -0.0273. The van der Waals surface area contributed by atoms with E-state index in [4.69, 9.17) is 5.26 Å². The standard InChI is InChI=1S/C14H15BN4OS/c1-21-14-17-8-11-12(18-14)4-7-19(13(11)20)10-2-5-15(9-16)6-3-10/h4,7-8,10H,2-3,5-6H2,1H3. The first-order chi connectivity index (χ1) is 10.2. The molecule has 0 bridgehead atoms. The van der Waals surface area contributed by atoms with Crippen molar-refractivity contribution in [3.05, 3.63) is 28.8 Å². The smallest absolute Gasteiger partial charge is 0.268 e. The molecule has 0 unspecified atom stereocenters. The fourth-order valence-corrected chi connectivity index (χ4v) is 3.24. The van der Waals surface area contributed by atoms with E-state index in [1.807, 2.05) is 18.5 Å². The van der Waals surface area contributed by atoms with Gasteiger partial charge in [-0.2, -0.15) is 0 Å². The molecule has 3 heterocycles. The highest BCUT2D eigenvalue weighted by atomic mass is 32.2. The van der Waals surface area contributed by atoms with Crippen molar-refractivity contribution >= 4 is 29.4 Å².